The van der Waals surface area contributed by atoms with Gasteiger partial charge in [0.2, 0.25) is 0 Å². The first-order chi connectivity index (χ1) is 6.26. The molecule has 4 nitrogen and oxygen atoms in total. The summed E-state index contributed by atoms with van der Waals surface area (Å²) in [5.41, 5.74) is 0. The first kappa shape index (κ1) is 12.1. The molecule has 76 valence electrons. The molecule has 0 spiro atoms. The molecule has 1 atom stereocenters. The first-order valence-corrected chi connectivity index (χ1v) is 4.59. The third-order valence-corrected chi connectivity index (χ3v) is 1.54. The largest absolute Gasteiger partial charge is 0.465 e. The van der Waals surface area contributed by atoms with Gasteiger partial charge in [0.15, 0.2) is 0 Å². The van der Waals surface area contributed by atoms with E-state index in [1.807, 2.05) is 6.92 Å². The highest BCUT2D eigenvalue weighted by atomic mass is 16.5. The van der Waals surface area contributed by atoms with Crippen LogP contribution in [-0.2, 0) is 14.3 Å². The standard InChI is InChI=1S/C9H17NO3/c1-3-6-10-8(5-7-11)9(12)13-4-2/h7-8,10H,3-6H2,1-2H3. The maximum Gasteiger partial charge on any atom is 0.323 e. The van der Waals surface area contributed by atoms with E-state index in [-0.39, 0.29) is 12.4 Å². The number of carbonyl (C=O) groups excluding carboxylic acids is 2. The molecule has 1 unspecified atom stereocenters. The van der Waals surface area contributed by atoms with Crippen LogP contribution in [0.15, 0.2) is 0 Å². The average molecular weight is 187 g/mol. The summed E-state index contributed by atoms with van der Waals surface area (Å²) >= 11 is 0. The molecule has 0 aromatic heterocycles. The fourth-order valence-electron chi connectivity index (χ4n) is 0.921. The maximum atomic E-state index is 11.2. The fraction of sp³-hybridized carbons (Fsp3) is 0.778. The van der Waals surface area contributed by atoms with Crippen LogP contribution in [0.3, 0.4) is 0 Å². The molecule has 0 radical (unpaired) electrons. The molecule has 0 aliphatic carbocycles. The number of rotatable bonds is 7. The van der Waals surface area contributed by atoms with E-state index in [4.69, 9.17) is 4.74 Å². The molecule has 0 saturated carbocycles. The lowest BCUT2D eigenvalue weighted by atomic mass is 10.2. The van der Waals surface area contributed by atoms with Gasteiger partial charge in [-0.25, -0.2) is 0 Å². The molecular formula is C9H17NO3. The molecule has 0 aromatic carbocycles. The molecule has 0 heterocycles. The van der Waals surface area contributed by atoms with Crippen LogP contribution in [-0.4, -0.2) is 31.4 Å². The van der Waals surface area contributed by atoms with Gasteiger partial charge < -0.3 is 14.8 Å². The first-order valence-electron chi connectivity index (χ1n) is 4.59. The highest BCUT2D eigenvalue weighted by molar-refractivity contribution is 5.78. The molecular weight excluding hydrogens is 170 g/mol. The van der Waals surface area contributed by atoms with Crippen LogP contribution in [0.4, 0.5) is 0 Å². The van der Waals surface area contributed by atoms with Crippen molar-refractivity contribution in [2.24, 2.45) is 0 Å². The molecule has 13 heavy (non-hydrogen) atoms. The third kappa shape index (κ3) is 5.36. The molecule has 0 fully saturated rings. The Morgan fingerprint density at radius 3 is 2.69 bits per heavy atom. The van der Waals surface area contributed by atoms with Crippen molar-refractivity contribution >= 4 is 12.3 Å². The fourth-order valence-corrected chi connectivity index (χ4v) is 0.921. The summed E-state index contributed by atoms with van der Waals surface area (Å²) in [5.74, 6) is -0.344. The minimum absolute atomic E-state index is 0.179. The molecule has 0 amide bonds. The predicted molar refractivity (Wildman–Crippen MR) is 49.4 cm³/mol. The minimum atomic E-state index is -0.475. The van der Waals surface area contributed by atoms with E-state index in [2.05, 4.69) is 5.32 Å². The lowest BCUT2D eigenvalue weighted by Crippen LogP contribution is -2.38. The topological polar surface area (TPSA) is 55.4 Å². The Morgan fingerprint density at radius 1 is 1.54 bits per heavy atom. The van der Waals surface area contributed by atoms with Crippen molar-refractivity contribution in [3.05, 3.63) is 0 Å². The number of hydrogen-bond acceptors (Lipinski definition) is 4. The van der Waals surface area contributed by atoms with Gasteiger partial charge in [0.1, 0.15) is 12.3 Å². The van der Waals surface area contributed by atoms with Crippen molar-refractivity contribution < 1.29 is 14.3 Å². The van der Waals surface area contributed by atoms with Crippen molar-refractivity contribution in [3.8, 4) is 0 Å². The summed E-state index contributed by atoms with van der Waals surface area (Å²) in [5, 5.41) is 2.95. The second kappa shape index (κ2) is 7.73. The van der Waals surface area contributed by atoms with Gasteiger partial charge in [0.05, 0.1) is 6.61 Å². The van der Waals surface area contributed by atoms with Crippen molar-refractivity contribution in [3.63, 3.8) is 0 Å². The van der Waals surface area contributed by atoms with E-state index in [1.165, 1.54) is 0 Å². The second-order valence-electron chi connectivity index (χ2n) is 2.66. The Balaban J connectivity index is 3.90. The predicted octanol–water partition coefficient (Wildman–Crippen LogP) is 0.507. The maximum absolute atomic E-state index is 11.2. The zero-order chi connectivity index (χ0) is 10.1. The molecule has 0 aliphatic rings. The van der Waals surface area contributed by atoms with Crippen LogP contribution in [0.25, 0.3) is 0 Å². The van der Waals surface area contributed by atoms with E-state index in [9.17, 15) is 9.59 Å². The smallest absolute Gasteiger partial charge is 0.323 e. The summed E-state index contributed by atoms with van der Waals surface area (Å²) in [6, 6.07) is -0.475. The van der Waals surface area contributed by atoms with Crippen LogP contribution in [0.1, 0.15) is 26.7 Å². The van der Waals surface area contributed by atoms with E-state index in [0.717, 1.165) is 19.3 Å². The van der Waals surface area contributed by atoms with Crippen LogP contribution < -0.4 is 5.32 Å². The van der Waals surface area contributed by atoms with Gasteiger partial charge in [-0.05, 0) is 19.9 Å². The van der Waals surface area contributed by atoms with Crippen molar-refractivity contribution in [2.45, 2.75) is 32.7 Å². The summed E-state index contributed by atoms with van der Waals surface area (Å²) in [7, 11) is 0. The Labute approximate surface area is 78.6 Å². The summed E-state index contributed by atoms with van der Waals surface area (Å²) in [6.45, 7) is 4.81. The number of ether oxygens (including phenoxy) is 1. The van der Waals surface area contributed by atoms with Gasteiger partial charge in [-0.1, -0.05) is 6.92 Å². The van der Waals surface area contributed by atoms with Gasteiger partial charge >= 0.3 is 5.97 Å². The second-order valence-corrected chi connectivity index (χ2v) is 2.66. The summed E-state index contributed by atoms with van der Waals surface area (Å²) in [4.78, 5) is 21.4. The van der Waals surface area contributed by atoms with Crippen molar-refractivity contribution in [1.29, 1.82) is 0 Å². The van der Waals surface area contributed by atoms with Gasteiger partial charge in [0, 0.05) is 6.42 Å². The lowest BCUT2D eigenvalue weighted by molar-refractivity contribution is -0.146. The zero-order valence-electron chi connectivity index (χ0n) is 8.21. The molecule has 0 rings (SSSR count). The number of carbonyl (C=O) groups is 2. The molecule has 0 aliphatic heterocycles. The third-order valence-electron chi connectivity index (χ3n) is 1.54. The average Bonchev–Trinajstić information content (AvgIpc) is 2.12. The Morgan fingerprint density at radius 2 is 2.23 bits per heavy atom. The van der Waals surface area contributed by atoms with Crippen LogP contribution in [0.5, 0.6) is 0 Å². The zero-order valence-corrected chi connectivity index (χ0v) is 8.21. The minimum Gasteiger partial charge on any atom is -0.465 e. The molecule has 0 saturated heterocycles. The lowest BCUT2D eigenvalue weighted by Gasteiger charge is -2.13. The SMILES string of the molecule is CCCNC(CC=O)C(=O)OCC. The monoisotopic (exact) mass is 187 g/mol. The molecule has 0 bridgehead atoms. The van der Waals surface area contributed by atoms with Gasteiger partial charge in [-0.15, -0.1) is 0 Å². The van der Waals surface area contributed by atoms with E-state index >= 15 is 0 Å². The van der Waals surface area contributed by atoms with E-state index in [0.29, 0.717) is 6.61 Å². The number of aldehydes is 1. The Kier molecular flexibility index (Phi) is 7.20. The summed E-state index contributed by atoms with van der Waals surface area (Å²) in [6.07, 6.45) is 1.83. The normalized spacial score (nSPS) is 12.2. The highest BCUT2D eigenvalue weighted by Crippen LogP contribution is 1.93. The Bertz CT molecular complexity index is 159. The Hall–Kier alpha value is -0.900. The molecule has 1 N–H and O–H groups in total. The van der Waals surface area contributed by atoms with Gasteiger partial charge in [-0.2, -0.15) is 0 Å². The highest BCUT2D eigenvalue weighted by Gasteiger charge is 2.17. The van der Waals surface area contributed by atoms with Crippen molar-refractivity contribution in [2.75, 3.05) is 13.2 Å². The van der Waals surface area contributed by atoms with Crippen LogP contribution in [0.2, 0.25) is 0 Å². The van der Waals surface area contributed by atoms with Gasteiger partial charge in [0.25, 0.3) is 0 Å². The molecule has 4 heteroatoms. The van der Waals surface area contributed by atoms with E-state index < -0.39 is 6.04 Å². The number of esters is 1. The molecule has 0 aromatic rings. The summed E-state index contributed by atoms with van der Waals surface area (Å²) < 4.78 is 4.79. The number of hydrogen-bond donors (Lipinski definition) is 1. The van der Waals surface area contributed by atoms with Crippen LogP contribution in [0, 0.1) is 0 Å². The van der Waals surface area contributed by atoms with Crippen LogP contribution >= 0.6 is 0 Å². The quantitative estimate of drug-likeness (QED) is 0.466. The van der Waals surface area contributed by atoms with E-state index in [1.54, 1.807) is 6.92 Å². The van der Waals surface area contributed by atoms with Gasteiger partial charge in [-0.3, -0.25) is 4.79 Å². The number of nitrogens with one attached hydrogen (secondary N) is 1. The van der Waals surface area contributed by atoms with Crippen molar-refractivity contribution in [1.82, 2.24) is 5.32 Å².